The Morgan fingerprint density at radius 1 is 1.02 bits per heavy atom. The van der Waals surface area contributed by atoms with E-state index in [-0.39, 0.29) is 35.6 Å². The molecular formula is C31H30F3N3O4. The van der Waals surface area contributed by atoms with Gasteiger partial charge in [-0.1, -0.05) is 12.1 Å². The van der Waals surface area contributed by atoms with Gasteiger partial charge in [0.25, 0.3) is 5.91 Å². The molecule has 2 aliphatic carbocycles. The Hall–Kier alpha value is -4.05. The third kappa shape index (κ3) is 5.61. The van der Waals surface area contributed by atoms with E-state index < -0.39 is 23.1 Å². The molecular weight excluding hydrogens is 535 g/mol. The zero-order chi connectivity index (χ0) is 28.9. The van der Waals surface area contributed by atoms with Gasteiger partial charge in [0.05, 0.1) is 35.2 Å². The van der Waals surface area contributed by atoms with Crippen molar-refractivity contribution in [3.8, 4) is 22.6 Å². The first-order chi connectivity index (χ1) is 19.5. The summed E-state index contributed by atoms with van der Waals surface area (Å²) in [5, 5.41) is 17.3. The number of hydrogen-bond acceptors (Lipinski definition) is 5. The summed E-state index contributed by atoms with van der Waals surface area (Å²) in [6.45, 7) is 3.46. The molecule has 0 atom stereocenters. The van der Waals surface area contributed by atoms with E-state index >= 15 is 0 Å². The molecule has 0 saturated heterocycles. The number of aromatic nitrogens is 2. The van der Waals surface area contributed by atoms with Gasteiger partial charge in [0, 0.05) is 6.04 Å². The van der Waals surface area contributed by atoms with Gasteiger partial charge in [-0.3, -0.25) is 4.79 Å². The van der Waals surface area contributed by atoms with Gasteiger partial charge in [-0.2, -0.15) is 5.10 Å². The summed E-state index contributed by atoms with van der Waals surface area (Å²) in [4.78, 5) is 13.0. The van der Waals surface area contributed by atoms with Crippen molar-refractivity contribution in [2.24, 2.45) is 5.41 Å². The van der Waals surface area contributed by atoms with Crippen molar-refractivity contribution < 1.29 is 32.5 Å². The molecule has 10 heteroatoms. The fourth-order valence-corrected chi connectivity index (χ4v) is 5.80. The lowest BCUT2D eigenvalue weighted by Gasteiger charge is -2.57. The van der Waals surface area contributed by atoms with Gasteiger partial charge in [-0.15, -0.1) is 0 Å². The Morgan fingerprint density at radius 2 is 1.68 bits per heavy atom. The Labute approximate surface area is 234 Å². The van der Waals surface area contributed by atoms with Crippen molar-refractivity contribution in [3.63, 3.8) is 0 Å². The minimum absolute atomic E-state index is 0.0608. The number of amides is 1. The topological polar surface area (TPSA) is 85.1 Å². The standard InChI is InChI=1S/C31H30F3N3O4/c1-30(2,39)17-40-22-7-8-27-24(15-35-37(27)16-22)29(38)36-20-11-31(12-20)13-23(14-31)41-21-5-3-18(4-6-21)19-9-25(32)28(34)26(33)10-19/h3-10,15-16,20,23,39H,11-14,17H2,1-2H3,(H,36,38). The number of benzene rings is 2. The highest BCUT2D eigenvalue weighted by atomic mass is 19.2. The quantitative estimate of drug-likeness (QED) is 0.268. The zero-order valence-corrected chi connectivity index (χ0v) is 22.7. The molecule has 0 aliphatic heterocycles. The minimum atomic E-state index is -1.48. The molecule has 6 rings (SSSR count). The van der Waals surface area contributed by atoms with E-state index in [1.165, 1.54) is 0 Å². The van der Waals surface area contributed by atoms with Gasteiger partial charge in [-0.25, -0.2) is 17.7 Å². The molecule has 1 amide bonds. The van der Waals surface area contributed by atoms with Crippen molar-refractivity contribution in [3.05, 3.63) is 83.9 Å². The molecule has 2 N–H and O–H groups in total. The number of halogens is 3. The molecule has 2 fully saturated rings. The molecule has 2 aliphatic rings. The predicted molar refractivity (Wildman–Crippen MR) is 145 cm³/mol. The van der Waals surface area contributed by atoms with E-state index in [2.05, 4.69) is 10.4 Å². The summed E-state index contributed by atoms with van der Waals surface area (Å²) in [5.74, 6) is -2.90. The van der Waals surface area contributed by atoms with E-state index in [9.17, 15) is 23.1 Å². The Bertz CT molecular complexity index is 1580. The lowest BCUT2D eigenvalue weighted by molar-refractivity contribution is -0.0833. The average Bonchev–Trinajstić information content (AvgIpc) is 3.31. The summed E-state index contributed by atoms with van der Waals surface area (Å²) in [5.41, 5.74) is 1.18. The van der Waals surface area contributed by atoms with E-state index in [1.807, 2.05) is 0 Å². The normalized spacial score (nSPS) is 21.8. The molecule has 214 valence electrons. The van der Waals surface area contributed by atoms with Gasteiger partial charge in [0.2, 0.25) is 0 Å². The molecule has 2 saturated carbocycles. The van der Waals surface area contributed by atoms with Crippen LogP contribution in [0.5, 0.6) is 11.5 Å². The first-order valence-corrected chi connectivity index (χ1v) is 13.5. The number of nitrogens with zero attached hydrogens (tertiary/aromatic N) is 2. The van der Waals surface area contributed by atoms with Gasteiger partial charge >= 0.3 is 0 Å². The maximum Gasteiger partial charge on any atom is 0.255 e. The maximum absolute atomic E-state index is 13.6. The second-order valence-corrected chi connectivity index (χ2v) is 11.9. The highest BCUT2D eigenvalue weighted by Gasteiger charge is 2.54. The second-order valence-electron chi connectivity index (χ2n) is 11.9. The predicted octanol–water partition coefficient (Wildman–Crippen LogP) is 5.69. The summed E-state index contributed by atoms with van der Waals surface area (Å²) >= 11 is 0. The van der Waals surface area contributed by atoms with Crippen LogP contribution in [-0.4, -0.2) is 45.0 Å². The SMILES string of the molecule is CC(C)(O)COc1ccc2c(C(=O)NC3CC4(C3)CC(Oc3ccc(-c5cc(F)c(F)c(F)c5)cc3)C4)cnn2c1. The second kappa shape index (κ2) is 10.1. The van der Waals surface area contributed by atoms with Crippen molar-refractivity contribution in [2.45, 2.75) is 57.3 Å². The van der Waals surface area contributed by atoms with Crippen LogP contribution < -0.4 is 14.8 Å². The minimum Gasteiger partial charge on any atom is -0.490 e. The molecule has 0 unspecified atom stereocenters. The number of aliphatic hydroxyl groups is 1. The van der Waals surface area contributed by atoms with Crippen LogP contribution in [0.25, 0.3) is 16.6 Å². The van der Waals surface area contributed by atoms with Gasteiger partial charge in [-0.05, 0) is 92.5 Å². The van der Waals surface area contributed by atoms with Crippen LogP contribution in [-0.2, 0) is 0 Å². The molecule has 0 bridgehead atoms. The molecule has 4 aromatic rings. The third-order valence-electron chi connectivity index (χ3n) is 7.82. The molecule has 7 nitrogen and oxygen atoms in total. The van der Waals surface area contributed by atoms with Gasteiger partial charge < -0.3 is 19.9 Å². The van der Waals surface area contributed by atoms with Crippen LogP contribution in [0.3, 0.4) is 0 Å². The number of hydrogen-bond donors (Lipinski definition) is 2. The van der Waals surface area contributed by atoms with Crippen molar-refractivity contribution in [2.75, 3.05) is 6.61 Å². The Morgan fingerprint density at radius 3 is 2.34 bits per heavy atom. The molecule has 2 aromatic carbocycles. The number of carbonyl (C=O) groups excluding carboxylic acids is 1. The van der Waals surface area contributed by atoms with Crippen LogP contribution in [0.2, 0.25) is 0 Å². The fourth-order valence-electron chi connectivity index (χ4n) is 5.80. The largest absolute Gasteiger partial charge is 0.490 e. The zero-order valence-electron chi connectivity index (χ0n) is 22.7. The molecule has 1 spiro atoms. The molecule has 2 aromatic heterocycles. The third-order valence-corrected chi connectivity index (χ3v) is 7.82. The van der Waals surface area contributed by atoms with Crippen LogP contribution in [0, 0.1) is 22.9 Å². The van der Waals surface area contributed by atoms with Crippen LogP contribution >= 0.6 is 0 Å². The summed E-state index contributed by atoms with van der Waals surface area (Å²) in [6.07, 6.45) is 6.83. The number of pyridine rings is 1. The first-order valence-electron chi connectivity index (χ1n) is 13.5. The average molecular weight is 566 g/mol. The van der Waals surface area contributed by atoms with Crippen LogP contribution in [0.4, 0.5) is 13.2 Å². The van der Waals surface area contributed by atoms with Crippen molar-refractivity contribution in [1.29, 1.82) is 0 Å². The van der Waals surface area contributed by atoms with E-state index in [1.54, 1.807) is 67.2 Å². The summed E-state index contributed by atoms with van der Waals surface area (Å²) in [7, 11) is 0. The molecule has 41 heavy (non-hydrogen) atoms. The summed E-state index contributed by atoms with van der Waals surface area (Å²) < 4.78 is 53.6. The number of carbonyl (C=O) groups is 1. The number of ether oxygens (including phenoxy) is 2. The number of rotatable bonds is 8. The van der Waals surface area contributed by atoms with Gasteiger partial charge in [0.15, 0.2) is 17.5 Å². The highest BCUT2D eigenvalue weighted by Crippen LogP contribution is 2.56. The number of fused-ring (bicyclic) bond motifs is 1. The Balaban J connectivity index is 0.981. The fraction of sp³-hybridized carbons (Fsp3) is 0.355. The van der Waals surface area contributed by atoms with Crippen molar-refractivity contribution in [1.82, 2.24) is 14.9 Å². The van der Waals surface area contributed by atoms with E-state index in [4.69, 9.17) is 9.47 Å². The van der Waals surface area contributed by atoms with E-state index in [0.29, 0.717) is 28.1 Å². The molecule has 2 heterocycles. The van der Waals surface area contributed by atoms with E-state index in [0.717, 1.165) is 37.8 Å². The van der Waals surface area contributed by atoms with Crippen LogP contribution in [0.15, 0.2) is 60.9 Å². The lowest BCUT2D eigenvalue weighted by Crippen LogP contribution is -2.58. The Kier molecular flexibility index (Phi) is 6.68. The van der Waals surface area contributed by atoms with Crippen molar-refractivity contribution >= 4 is 11.4 Å². The summed E-state index contributed by atoms with van der Waals surface area (Å²) in [6, 6.07) is 12.4. The molecule has 0 radical (unpaired) electrons. The monoisotopic (exact) mass is 565 g/mol. The van der Waals surface area contributed by atoms with Crippen LogP contribution in [0.1, 0.15) is 49.9 Å². The first kappa shape index (κ1) is 27.1. The highest BCUT2D eigenvalue weighted by molar-refractivity contribution is 6.00. The lowest BCUT2D eigenvalue weighted by atomic mass is 9.53. The number of nitrogens with one attached hydrogen (secondary N) is 1. The maximum atomic E-state index is 13.6. The van der Waals surface area contributed by atoms with Gasteiger partial charge in [0.1, 0.15) is 18.1 Å². The smallest absolute Gasteiger partial charge is 0.255 e.